The van der Waals surface area contributed by atoms with Crippen LogP contribution >= 0.6 is 0 Å². The SMILES string of the molecule is CCC(C)OC1(C)OOOC1(C)Oc1ccccc1C(=O)O. The Hall–Kier alpha value is -1.67. The molecule has 0 aromatic heterocycles. The van der Waals surface area contributed by atoms with Crippen molar-refractivity contribution in [2.24, 2.45) is 0 Å². The molecule has 3 atom stereocenters. The van der Waals surface area contributed by atoms with Gasteiger partial charge in [0, 0.05) is 6.92 Å². The molecule has 122 valence electrons. The fourth-order valence-electron chi connectivity index (χ4n) is 1.94. The van der Waals surface area contributed by atoms with Crippen LogP contribution in [-0.2, 0) is 19.6 Å². The Kier molecular flexibility index (Phi) is 4.72. The molecular weight excluding hydrogens is 292 g/mol. The summed E-state index contributed by atoms with van der Waals surface area (Å²) in [7, 11) is 0. The second-order valence-electron chi connectivity index (χ2n) is 5.37. The van der Waals surface area contributed by atoms with E-state index in [1.807, 2.05) is 13.8 Å². The van der Waals surface area contributed by atoms with Crippen molar-refractivity contribution in [2.45, 2.75) is 51.8 Å². The van der Waals surface area contributed by atoms with Gasteiger partial charge in [-0.1, -0.05) is 24.1 Å². The fourth-order valence-corrected chi connectivity index (χ4v) is 1.94. The lowest BCUT2D eigenvalue weighted by Gasteiger charge is -2.35. The first kappa shape index (κ1) is 16.7. The molecule has 3 unspecified atom stereocenters. The second kappa shape index (κ2) is 6.21. The first-order valence-corrected chi connectivity index (χ1v) is 7.04. The summed E-state index contributed by atoms with van der Waals surface area (Å²) < 4.78 is 11.5. The van der Waals surface area contributed by atoms with Crippen molar-refractivity contribution < 1.29 is 34.2 Å². The summed E-state index contributed by atoms with van der Waals surface area (Å²) in [5.41, 5.74) is 0.00474. The van der Waals surface area contributed by atoms with Gasteiger partial charge in [0.2, 0.25) is 0 Å². The van der Waals surface area contributed by atoms with Crippen molar-refractivity contribution >= 4 is 5.97 Å². The normalized spacial score (nSPS) is 29.3. The van der Waals surface area contributed by atoms with Crippen molar-refractivity contribution in [2.75, 3.05) is 0 Å². The number of para-hydroxylation sites is 1. The molecule has 1 saturated heterocycles. The molecule has 1 fully saturated rings. The molecule has 0 radical (unpaired) electrons. The van der Waals surface area contributed by atoms with Crippen molar-refractivity contribution in [3.63, 3.8) is 0 Å². The number of carboxylic acids is 1. The van der Waals surface area contributed by atoms with E-state index < -0.39 is 17.5 Å². The molecule has 1 aliphatic rings. The highest BCUT2D eigenvalue weighted by molar-refractivity contribution is 5.90. The largest absolute Gasteiger partial charge is 0.478 e. The average molecular weight is 312 g/mol. The Labute approximate surface area is 128 Å². The lowest BCUT2D eigenvalue weighted by atomic mass is 10.1. The smallest absolute Gasteiger partial charge is 0.339 e. The Balaban J connectivity index is 2.28. The van der Waals surface area contributed by atoms with E-state index in [1.54, 1.807) is 26.0 Å². The molecule has 7 nitrogen and oxygen atoms in total. The molecule has 0 spiro atoms. The first-order valence-electron chi connectivity index (χ1n) is 7.04. The molecule has 1 N–H and O–H groups in total. The van der Waals surface area contributed by atoms with E-state index >= 15 is 0 Å². The summed E-state index contributed by atoms with van der Waals surface area (Å²) in [5, 5.41) is 13.8. The predicted octanol–water partition coefficient (Wildman–Crippen LogP) is 2.90. The zero-order valence-corrected chi connectivity index (χ0v) is 13.0. The highest BCUT2D eigenvalue weighted by atomic mass is 17.6. The molecule has 1 aromatic rings. The number of ether oxygens (including phenoxy) is 2. The van der Waals surface area contributed by atoms with Gasteiger partial charge >= 0.3 is 5.97 Å². The summed E-state index contributed by atoms with van der Waals surface area (Å²) in [6.45, 7) is 7.00. The van der Waals surface area contributed by atoms with E-state index in [0.29, 0.717) is 0 Å². The van der Waals surface area contributed by atoms with E-state index in [2.05, 4.69) is 5.04 Å². The van der Waals surface area contributed by atoms with E-state index in [0.717, 1.165) is 6.42 Å². The summed E-state index contributed by atoms with van der Waals surface area (Å²) in [4.78, 5) is 21.4. The third-order valence-corrected chi connectivity index (χ3v) is 3.63. The number of hydrogen-bond donors (Lipinski definition) is 1. The van der Waals surface area contributed by atoms with Crippen LogP contribution in [0.25, 0.3) is 0 Å². The van der Waals surface area contributed by atoms with Gasteiger partial charge in [0.25, 0.3) is 11.6 Å². The van der Waals surface area contributed by atoms with Crippen molar-refractivity contribution in [3.05, 3.63) is 29.8 Å². The Morgan fingerprint density at radius 2 is 1.91 bits per heavy atom. The van der Waals surface area contributed by atoms with Gasteiger partial charge in [0.15, 0.2) is 0 Å². The highest BCUT2D eigenvalue weighted by Gasteiger charge is 2.60. The number of aromatic carboxylic acids is 1. The summed E-state index contributed by atoms with van der Waals surface area (Å²) >= 11 is 0. The number of carboxylic acid groups (broad SMARTS) is 1. The van der Waals surface area contributed by atoms with Gasteiger partial charge in [-0.15, -0.1) is 0 Å². The zero-order valence-electron chi connectivity index (χ0n) is 13.0. The molecule has 2 rings (SSSR count). The summed E-state index contributed by atoms with van der Waals surface area (Å²) in [6, 6.07) is 6.23. The molecule has 0 aliphatic carbocycles. The molecule has 1 aromatic carbocycles. The van der Waals surface area contributed by atoms with Gasteiger partial charge in [0.1, 0.15) is 11.3 Å². The topological polar surface area (TPSA) is 83.5 Å². The van der Waals surface area contributed by atoms with Gasteiger partial charge < -0.3 is 14.6 Å². The summed E-state index contributed by atoms with van der Waals surface area (Å²) in [5.74, 6) is -3.80. The van der Waals surface area contributed by atoms with E-state index in [9.17, 15) is 9.90 Å². The average Bonchev–Trinajstić information content (AvgIpc) is 2.74. The fraction of sp³-hybridized carbons (Fsp3) is 0.533. The van der Waals surface area contributed by atoms with Crippen LogP contribution in [0, 0.1) is 0 Å². The highest BCUT2D eigenvalue weighted by Crippen LogP contribution is 2.40. The number of carbonyl (C=O) groups is 1. The second-order valence-corrected chi connectivity index (χ2v) is 5.37. The van der Waals surface area contributed by atoms with Crippen molar-refractivity contribution in [1.29, 1.82) is 0 Å². The van der Waals surface area contributed by atoms with Gasteiger partial charge in [-0.25, -0.2) is 4.79 Å². The lowest BCUT2D eigenvalue weighted by molar-refractivity contribution is -0.498. The van der Waals surface area contributed by atoms with Crippen LogP contribution in [0.3, 0.4) is 0 Å². The minimum atomic E-state index is -1.47. The maximum atomic E-state index is 11.3. The van der Waals surface area contributed by atoms with E-state index in [-0.39, 0.29) is 17.4 Å². The third kappa shape index (κ3) is 3.07. The maximum absolute atomic E-state index is 11.3. The van der Waals surface area contributed by atoms with Crippen LogP contribution in [0.2, 0.25) is 0 Å². The molecule has 22 heavy (non-hydrogen) atoms. The molecule has 0 saturated carbocycles. The van der Waals surface area contributed by atoms with Gasteiger partial charge in [-0.3, -0.25) is 0 Å². The van der Waals surface area contributed by atoms with Gasteiger partial charge in [0.05, 0.1) is 6.10 Å². The number of hydrogen-bond acceptors (Lipinski definition) is 6. The Morgan fingerprint density at radius 3 is 2.55 bits per heavy atom. The lowest BCUT2D eigenvalue weighted by Crippen LogP contribution is -2.54. The van der Waals surface area contributed by atoms with E-state index in [4.69, 9.17) is 19.2 Å². The number of rotatable bonds is 6. The quantitative estimate of drug-likeness (QED) is 0.808. The molecule has 7 heteroatoms. The van der Waals surface area contributed by atoms with Crippen LogP contribution in [0.5, 0.6) is 5.75 Å². The van der Waals surface area contributed by atoms with Gasteiger partial charge in [-0.05, 0) is 32.4 Å². The summed E-state index contributed by atoms with van der Waals surface area (Å²) in [6.07, 6.45) is 0.619. The van der Waals surface area contributed by atoms with Crippen LogP contribution in [0.15, 0.2) is 24.3 Å². The molecular formula is C15H20O7. The molecule has 0 bridgehead atoms. The number of benzene rings is 1. The van der Waals surface area contributed by atoms with Crippen molar-refractivity contribution in [3.8, 4) is 5.75 Å². The van der Waals surface area contributed by atoms with Crippen molar-refractivity contribution in [1.82, 2.24) is 0 Å². The van der Waals surface area contributed by atoms with Crippen LogP contribution < -0.4 is 4.74 Å². The maximum Gasteiger partial charge on any atom is 0.339 e. The predicted molar refractivity (Wildman–Crippen MR) is 74.9 cm³/mol. The monoisotopic (exact) mass is 312 g/mol. The van der Waals surface area contributed by atoms with Crippen LogP contribution in [-0.4, -0.2) is 28.8 Å². The minimum absolute atomic E-state index is 0.00474. The Morgan fingerprint density at radius 1 is 1.27 bits per heavy atom. The van der Waals surface area contributed by atoms with Gasteiger partial charge in [-0.2, -0.15) is 9.78 Å². The molecule has 0 amide bonds. The molecule has 1 aliphatic heterocycles. The standard InChI is InChI=1S/C15H20O7/c1-5-10(2)18-14(3)15(4,21-22-20-14)19-12-9-7-6-8-11(12)13(16)17/h6-10H,5H2,1-4H3,(H,16,17). The van der Waals surface area contributed by atoms with Crippen LogP contribution in [0.4, 0.5) is 0 Å². The first-order chi connectivity index (χ1) is 10.3. The van der Waals surface area contributed by atoms with Crippen LogP contribution in [0.1, 0.15) is 44.5 Å². The third-order valence-electron chi connectivity index (χ3n) is 3.63. The van der Waals surface area contributed by atoms with E-state index in [1.165, 1.54) is 12.1 Å². The Bertz CT molecular complexity index is 546. The zero-order chi connectivity index (χ0) is 16.4. The minimum Gasteiger partial charge on any atom is -0.478 e. The molecule has 1 heterocycles.